The number of para-hydroxylation sites is 1. The van der Waals surface area contributed by atoms with Crippen molar-refractivity contribution < 1.29 is 9.21 Å². The van der Waals surface area contributed by atoms with E-state index in [-0.39, 0.29) is 5.91 Å². The number of furan rings is 1. The molecule has 0 saturated carbocycles. The van der Waals surface area contributed by atoms with Crippen LogP contribution in [0.5, 0.6) is 0 Å². The van der Waals surface area contributed by atoms with E-state index in [1.54, 1.807) is 12.6 Å². The average molecular weight is 433 g/mol. The van der Waals surface area contributed by atoms with Crippen LogP contribution < -0.4 is 4.90 Å². The van der Waals surface area contributed by atoms with E-state index in [0.29, 0.717) is 12.3 Å². The van der Waals surface area contributed by atoms with Gasteiger partial charge >= 0.3 is 0 Å². The molecule has 4 heterocycles. The number of rotatable bonds is 5. The number of carbonyl (C=O) groups is 1. The number of benzene rings is 1. The first kappa shape index (κ1) is 19.9. The molecule has 4 aromatic rings. The van der Waals surface area contributed by atoms with Crippen molar-refractivity contribution in [2.24, 2.45) is 0 Å². The highest BCUT2D eigenvalue weighted by Gasteiger charge is 2.23. The van der Waals surface area contributed by atoms with E-state index < -0.39 is 0 Å². The number of aromatic nitrogens is 3. The van der Waals surface area contributed by atoms with Crippen molar-refractivity contribution in [1.29, 1.82) is 0 Å². The molecule has 1 aromatic carbocycles. The van der Waals surface area contributed by atoms with Crippen LogP contribution in [0.25, 0.3) is 11.0 Å². The minimum absolute atomic E-state index is 0.119. The summed E-state index contributed by atoms with van der Waals surface area (Å²) in [5.41, 5.74) is 5.44. The van der Waals surface area contributed by atoms with Gasteiger partial charge in [-0.2, -0.15) is 0 Å². The summed E-state index contributed by atoms with van der Waals surface area (Å²) in [6, 6.07) is 12.1. The first-order chi connectivity index (χ1) is 15.1. The zero-order valence-corrected chi connectivity index (χ0v) is 18.5. The molecule has 3 aromatic heterocycles. The van der Waals surface area contributed by atoms with Crippen molar-refractivity contribution >= 4 is 34.4 Å². The van der Waals surface area contributed by atoms with Crippen molar-refractivity contribution in [2.45, 2.75) is 38.3 Å². The Hall–Kier alpha value is -3.06. The van der Waals surface area contributed by atoms with Crippen molar-refractivity contribution in [3.63, 3.8) is 0 Å². The van der Waals surface area contributed by atoms with E-state index in [9.17, 15) is 4.79 Å². The highest BCUT2D eigenvalue weighted by atomic mass is 32.2. The van der Waals surface area contributed by atoms with Crippen LogP contribution in [-0.2, 0) is 17.8 Å². The second-order valence-electron chi connectivity index (χ2n) is 7.82. The monoisotopic (exact) mass is 432 g/mol. The topological polar surface area (TPSA) is 64.2 Å². The highest BCUT2D eigenvalue weighted by molar-refractivity contribution is 8.00. The molecule has 0 spiro atoms. The largest absolute Gasteiger partial charge is 0.467 e. The van der Waals surface area contributed by atoms with Gasteiger partial charge in [-0.15, -0.1) is 0 Å². The molecule has 0 bridgehead atoms. The van der Waals surface area contributed by atoms with Crippen LogP contribution >= 0.6 is 11.8 Å². The van der Waals surface area contributed by atoms with E-state index in [0.717, 1.165) is 58.2 Å². The van der Waals surface area contributed by atoms with Crippen LogP contribution in [0.2, 0.25) is 0 Å². The number of nitrogens with zero attached hydrogens (tertiary/aromatic N) is 4. The fourth-order valence-electron chi connectivity index (χ4n) is 4.30. The molecule has 1 amide bonds. The van der Waals surface area contributed by atoms with Gasteiger partial charge in [0, 0.05) is 17.9 Å². The Bertz CT molecular complexity index is 1250. The molecule has 0 N–H and O–H groups in total. The van der Waals surface area contributed by atoms with Crippen molar-refractivity contribution in [3.05, 3.63) is 71.6 Å². The molecule has 0 atom stereocenters. The molecule has 7 heteroatoms. The SMILES string of the molecule is Cc1c(C)n(Cc2ccco2)c2ncnc(SCC(=O)N3CCCc4ccccc43)c12. The Morgan fingerprint density at radius 3 is 2.87 bits per heavy atom. The van der Waals surface area contributed by atoms with Crippen LogP contribution in [0.4, 0.5) is 5.69 Å². The molecule has 6 nitrogen and oxygen atoms in total. The molecule has 1 aliphatic heterocycles. The van der Waals surface area contributed by atoms with Gasteiger partial charge in [-0.3, -0.25) is 4.79 Å². The molecule has 5 rings (SSSR count). The second kappa shape index (κ2) is 8.23. The molecular weight excluding hydrogens is 408 g/mol. The van der Waals surface area contributed by atoms with Crippen LogP contribution in [0.15, 0.2) is 58.4 Å². The molecular formula is C24H24N4O2S. The van der Waals surface area contributed by atoms with Crippen LogP contribution in [0, 0.1) is 13.8 Å². The van der Waals surface area contributed by atoms with Gasteiger partial charge in [-0.25, -0.2) is 9.97 Å². The van der Waals surface area contributed by atoms with E-state index in [1.165, 1.54) is 17.3 Å². The third kappa shape index (κ3) is 3.63. The van der Waals surface area contributed by atoms with Gasteiger partial charge < -0.3 is 13.9 Å². The van der Waals surface area contributed by atoms with Crippen LogP contribution in [0.1, 0.15) is 29.0 Å². The van der Waals surface area contributed by atoms with Crippen LogP contribution in [-0.4, -0.2) is 32.7 Å². The number of fused-ring (bicyclic) bond motifs is 2. The Balaban J connectivity index is 1.41. The Labute approximate surface area is 185 Å². The van der Waals surface area contributed by atoms with E-state index >= 15 is 0 Å². The minimum atomic E-state index is 0.119. The van der Waals surface area contributed by atoms with E-state index in [4.69, 9.17) is 4.42 Å². The van der Waals surface area contributed by atoms with Crippen molar-refractivity contribution in [2.75, 3.05) is 17.2 Å². The smallest absolute Gasteiger partial charge is 0.237 e. The van der Waals surface area contributed by atoms with Gasteiger partial charge in [-0.1, -0.05) is 30.0 Å². The molecule has 31 heavy (non-hydrogen) atoms. The zero-order valence-electron chi connectivity index (χ0n) is 17.7. The lowest BCUT2D eigenvalue weighted by Gasteiger charge is -2.29. The third-order valence-corrected chi connectivity index (χ3v) is 6.98. The number of thioether (sulfide) groups is 1. The lowest BCUT2D eigenvalue weighted by Crippen LogP contribution is -2.36. The molecule has 0 unspecified atom stereocenters. The van der Waals surface area contributed by atoms with Gasteiger partial charge in [0.15, 0.2) is 0 Å². The first-order valence-electron chi connectivity index (χ1n) is 10.5. The number of hydrogen-bond acceptors (Lipinski definition) is 5. The summed E-state index contributed by atoms with van der Waals surface area (Å²) in [7, 11) is 0. The fourth-order valence-corrected chi connectivity index (χ4v) is 5.22. The van der Waals surface area contributed by atoms with E-state index in [1.807, 2.05) is 35.2 Å². The predicted molar refractivity (Wildman–Crippen MR) is 123 cm³/mol. The summed E-state index contributed by atoms with van der Waals surface area (Å²) < 4.78 is 7.69. The third-order valence-electron chi connectivity index (χ3n) is 6.01. The number of hydrogen-bond donors (Lipinski definition) is 0. The predicted octanol–water partition coefficient (Wildman–Crippen LogP) is 4.76. The lowest BCUT2D eigenvalue weighted by atomic mass is 10.0. The van der Waals surface area contributed by atoms with E-state index in [2.05, 4.69) is 34.4 Å². The van der Waals surface area contributed by atoms with Crippen molar-refractivity contribution in [1.82, 2.24) is 14.5 Å². The maximum Gasteiger partial charge on any atom is 0.237 e. The number of aryl methyl sites for hydroxylation is 2. The Kier molecular flexibility index (Phi) is 5.28. The van der Waals surface area contributed by atoms with Gasteiger partial charge in [0.2, 0.25) is 5.91 Å². The highest BCUT2D eigenvalue weighted by Crippen LogP contribution is 2.33. The Morgan fingerprint density at radius 1 is 1.16 bits per heavy atom. The number of carbonyl (C=O) groups excluding carboxylic acids is 1. The van der Waals surface area contributed by atoms with Crippen LogP contribution in [0.3, 0.4) is 0 Å². The number of amides is 1. The van der Waals surface area contributed by atoms with Gasteiger partial charge in [0.1, 0.15) is 22.8 Å². The summed E-state index contributed by atoms with van der Waals surface area (Å²) in [6.07, 6.45) is 5.30. The molecule has 0 radical (unpaired) electrons. The molecule has 158 valence electrons. The van der Waals surface area contributed by atoms with Gasteiger partial charge in [0.05, 0.1) is 23.9 Å². The molecule has 0 aliphatic carbocycles. The van der Waals surface area contributed by atoms with Gasteiger partial charge in [0.25, 0.3) is 0 Å². The first-order valence-corrected chi connectivity index (χ1v) is 11.5. The molecule has 0 fully saturated rings. The average Bonchev–Trinajstić information content (AvgIpc) is 3.40. The van der Waals surface area contributed by atoms with Gasteiger partial charge in [-0.05, 0) is 56.0 Å². The number of anilines is 1. The maximum atomic E-state index is 13.1. The molecule has 1 aliphatic rings. The zero-order chi connectivity index (χ0) is 21.4. The normalized spacial score (nSPS) is 13.5. The fraction of sp³-hybridized carbons (Fsp3) is 0.292. The second-order valence-corrected chi connectivity index (χ2v) is 8.78. The summed E-state index contributed by atoms with van der Waals surface area (Å²) in [6.45, 7) is 5.57. The summed E-state index contributed by atoms with van der Waals surface area (Å²) in [5, 5.41) is 1.87. The molecule has 0 saturated heterocycles. The lowest BCUT2D eigenvalue weighted by molar-refractivity contribution is -0.116. The quantitative estimate of drug-likeness (QED) is 0.336. The summed E-state index contributed by atoms with van der Waals surface area (Å²) >= 11 is 1.49. The maximum absolute atomic E-state index is 13.1. The summed E-state index contributed by atoms with van der Waals surface area (Å²) in [5.74, 6) is 1.35. The minimum Gasteiger partial charge on any atom is -0.467 e. The Morgan fingerprint density at radius 2 is 2.03 bits per heavy atom. The summed E-state index contributed by atoms with van der Waals surface area (Å²) in [4.78, 5) is 24.1. The van der Waals surface area contributed by atoms with Crippen molar-refractivity contribution in [3.8, 4) is 0 Å². The standard InChI is InChI=1S/C24H24N4O2S/c1-16-17(2)28(13-19-9-6-12-30-19)23-22(16)24(26-15-25-23)31-14-21(29)27-11-5-8-18-7-3-4-10-20(18)27/h3-4,6-7,9-10,12,15H,5,8,11,13-14H2,1-2H3.